The SMILES string of the molecule is Cn1nc2cc(O)[nH]c(=O)c2c1N. The van der Waals surface area contributed by atoms with Gasteiger partial charge in [-0.15, -0.1) is 0 Å². The van der Waals surface area contributed by atoms with Crippen LogP contribution in [0.3, 0.4) is 0 Å². The molecule has 0 aliphatic rings. The predicted octanol–water partition coefficient (Wildman–Crippen LogP) is -0.451. The molecule has 0 bridgehead atoms. The molecule has 0 radical (unpaired) electrons. The number of aromatic amines is 1. The number of H-pyrrole nitrogens is 1. The van der Waals surface area contributed by atoms with Gasteiger partial charge in [0.1, 0.15) is 16.7 Å². The fraction of sp³-hybridized carbons (Fsp3) is 0.143. The van der Waals surface area contributed by atoms with Crippen molar-refractivity contribution in [1.29, 1.82) is 0 Å². The molecule has 13 heavy (non-hydrogen) atoms. The maximum Gasteiger partial charge on any atom is 0.263 e. The quantitative estimate of drug-likeness (QED) is 0.511. The van der Waals surface area contributed by atoms with Gasteiger partial charge in [0.25, 0.3) is 5.56 Å². The number of aromatic nitrogens is 3. The van der Waals surface area contributed by atoms with Gasteiger partial charge in [0, 0.05) is 13.1 Å². The van der Waals surface area contributed by atoms with Crippen LogP contribution in [0.5, 0.6) is 5.88 Å². The topological polar surface area (TPSA) is 96.9 Å². The lowest BCUT2D eigenvalue weighted by atomic mass is 10.3. The molecule has 2 heterocycles. The van der Waals surface area contributed by atoms with E-state index in [9.17, 15) is 4.79 Å². The number of nitrogens with two attached hydrogens (primary N) is 1. The summed E-state index contributed by atoms with van der Waals surface area (Å²) in [6.45, 7) is 0. The standard InChI is InChI=1S/C7H8N4O2/c1-11-6(8)5-3(10-11)2-4(12)9-7(5)13/h2,12H,8H2,1H3,(H,9,13). The molecule has 0 spiro atoms. The lowest BCUT2D eigenvalue weighted by Gasteiger charge is -1.91. The van der Waals surface area contributed by atoms with Crippen LogP contribution >= 0.6 is 0 Å². The molecule has 0 fully saturated rings. The number of nitrogens with one attached hydrogen (secondary N) is 1. The molecule has 0 unspecified atom stereocenters. The Balaban J connectivity index is 3.03. The average Bonchev–Trinajstić information content (AvgIpc) is 2.27. The summed E-state index contributed by atoms with van der Waals surface area (Å²) in [7, 11) is 1.63. The smallest absolute Gasteiger partial charge is 0.263 e. The van der Waals surface area contributed by atoms with E-state index >= 15 is 0 Å². The van der Waals surface area contributed by atoms with Crippen LogP contribution in [0.2, 0.25) is 0 Å². The first-order chi connectivity index (χ1) is 6.09. The zero-order valence-corrected chi connectivity index (χ0v) is 6.90. The Morgan fingerprint density at radius 1 is 1.69 bits per heavy atom. The van der Waals surface area contributed by atoms with Crippen molar-refractivity contribution in [3.05, 3.63) is 16.4 Å². The van der Waals surface area contributed by atoms with Gasteiger partial charge in [-0.05, 0) is 0 Å². The van der Waals surface area contributed by atoms with Crippen molar-refractivity contribution < 1.29 is 5.11 Å². The molecule has 2 aromatic heterocycles. The second-order valence-corrected chi connectivity index (χ2v) is 2.75. The fourth-order valence-electron chi connectivity index (χ4n) is 1.24. The first kappa shape index (κ1) is 7.66. The van der Waals surface area contributed by atoms with Crippen LogP contribution in [0, 0.1) is 0 Å². The molecule has 0 amide bonds. The Morgan fingerprint density at radius 2 is 2.38 bits per heavy atom. The summed E-state index contributed by atoms with van der Waals surface area (Å²) in [6, 6.07) is 1.35. The second kappa shape index (κ2) is 2.25. The summed E-state index contributed by atoms with van der Waals surface area (Å²) in [6.07, 6.45) is 0. The Hall–Kier alpha value is -1.98. The second-order valence-electron chi connectivity index (χ2n) is 2.75. The molecule has 0 saturated heterocycles. The van der Waals surface area contributed by atoms with Crippen LogP contribution in [-0.4, -0.2) is 19.9 Å². The maximum absolute atomic E-state index is 11.3. The third-order valence-corrected chi connectivity index (χ3v) is 1.86. The van der Waals surface area contributed by atoms with Crippen molar-refractivity contribution in [3.8, 4) is 5.88 Å². The van der Waals surface area contributed by atoms with Crippen LogP contribution < -0.4 is 11.3 Å². The van der Waals surface area contributed by atoms with Crippen molar-refractivity contribution in [2.75, 3.05) is 5.73 Å². The van der Waals surface area contributed by atoms with Crippen LogP contribution in [-0.2, 0) is 7.05 Å². The largest absolute Gasteiger partial charge is 0.494 e. The normalized spacial score (nSPS) is 10.8. The fourth-order valence-corrected chi connectivity index (χ4v) is 1.24. The summed E-state index contributed by atoms with van der Waals surface area (Å²) in [5.41, 5.74) is 5.55. The van der Waals surface area contributed by atoms with Crippen LogP contribution in [0.15, 0.2) is 10.9 Å². The summed E-state index contributed by atoms with van der Waals surface area (Å²) < 4.78 is 1.39. The molecule has 6 heteroatoms. The maximum atomic E-state index is 11.3. The summed E-state index contributed by atoms with van der Waals surface area (Å²) in [5, 5.41) is 13.3. The number of aromatic hydroxyl groups is 1. The molecule has 0 aliphatic carbocycles. The van der Waals surface area contributed by atoms with Crippen molar-refractivity contribution in [3.63, 3.8) is 0 Å². The predicted molar refractivity (Wildman–Crippen MR) is 47.4 cm³/mol. The number of nitrogen functional groups attached to an aromatic ring is 1. The van der Waals surface area contributed by atoms with Gasteiger partial charge < -0.3 is 10.8 Å². The van der Waals surface area contributed by atoms with Crippen molar-refractivity contribution in [2.24, 2.45) is 7.05 Å². The first-order valence-corrected chi connectivity index (χ1v) is 3.64. The van der Waals surface area contributed by atoms with E-state index in [1.807, 2.05) is 0 Å². The number of fused-ring (bicyclic) bond motifs is 1. The van der Waals surface area contributed by atoms with Gasteiger partial charge in [-0.2, -0.15) is 5.10 Å². The Bertz CT molecular complexity index is 525. The number of hydrogen-bond acceptors (Lipinski definition) is 4. The summed E-state index contributed by atoms with van der Waals surface area (Å²) in [5.74, 6) is 0.0758. The highest BCUT2D eigenvalue weighted by Crippen LogP contribution is 2.17. The summed E-state index contributed by atoms with van der Waals surface area (Å²) >= 11 is 0. The number of pyridine rings is 1. The number of anilines is 1. The molecule has 6 nitrogen and oxygen atoms in total. The average molecular weight is 180 g/mol. The van der Waals surface area contributed by atoms with E-state index in [2.05, 4.69) is 10.1 Å². The Kier molecular flexibility index (Phi) is 1.33. The van der Waals surface area contributed by atoms with Crippen LogP contribution in [0.1, 0.15) is 0 Å². The molecule has 0 aromatic carbocycles. The Morgan fingerprint density at radius 3 is 3.08 bits per heavy atom. The van der Waals surface area contributed by atoms with Crippen LogP contribution in [0.25, 0.3) is 10.9 Å². The minimum Gasteiger partial charge on any atom is -0.494 e. The molecule has 2 rings (SSSR count). The zero-order chi connectivity index (χ0) is 9.59. The third kappa shape index (κ3) is 0.952. The lowest BCUT2D eigenvalue weighted by Crippen LogP contribution is -2.06. The summed E-state index contributed by atoms with van der Waals surface area (Å²) in [4.78, 5) is 13.5. The molecule has 4 N–H and O–H groups in total. The number of nitrogens with zero attached hydrogens (tertiary/aromatic N) is 2. The van der Waals surface area contributed by atoms with Gasteiger partial charge >= 0.3 is 0 Å². The van der Waals surface area contributed by atoms with Gasteiger partial charge in [-0.3, -0.25) is 14.5 Å². The van der Waals surface area contributed by atoms with E-state index in [1.165, 1.54) is 10.7 Å². The zero-order valence-electron chi connectivity index (χ0n) is 6.90. The highest BCUT2D eigenvalue weighted by atomic mass is 16.3. The number of hydrogen-bond donors (Lipinski definition) is 3. The molecule has 0 aliphatic heterocycles. The molecule has 0 saturated carbocycles. The van der Waals surface area contributed by atoms with Gasteiger partial charge in [0.15, 0.2) is 5.88 Å². The van der Waals surface area contributed by atoms with E-state index in [1.54, 1.807) is 7.05 Å². The highest BCUT2D eigenvalue weighted by Gasteiger charge is 2.10. The molecule has 2 aromatic rings. The minimum atomic E-state index is -0.430. The van der Waals surface area contributed by atoms with Crippen molar-refractivity contribution >= 4 is 16.7 Å². The van der Waals surface area contributed by atoms with E-state index in [4.69, 9.17) is 10.8 Å². The van der Waals surface area contributed by atoms with E-state index in [-0.39, 0.29) is 11.7 Å². The van der Waals surface area contributed by atoms with Gasteiger partial charge in [-0.25, -0.2) is 0 Å². The molecule has 68 valence electrons. The van der Waals surface area contributed by atoms with Gasteiger partial charge in [-0.1, -0.05) is 0 Å². The molecular weight excluding hydrogens is 172 g/mol. The monoisotopic (exact) mass is 180 g/mol. The molecular formula is C7H8N4O2. The van der Waals surface area contributed by atoms with Crippen molar-refractivity contribution in [1.82, 2.24) is 14.8 Å². The number of rotatable bonds is 0. The van der Waals surface area contributed by atoms with Crippen molar-refractivity contribution in [2.45, 2.75) is 0 Å². The van der Waals surface area contributed by atoms with E-state index in [0.29, 0.717) is 10.9 Å². The number of aryl methyl sites for hydroxylation is 1. The molecule has 0 atom stereocenters. The Labute approximate surface area is 72.6 Å². The highest BCUT2D eigenvalue weighted by molar-refractivity contribution is 5.88. The third-order valence-electron chi connectivity index (χ3n) is 1.86. The van der Waals surface area contributed by atoms with E-state index < -0.39 is 5.56 Å². The minimum absolute atomic E-state index is 0.212. The van der Waals surface area contributed by atoms with Gasteiger partial charge in [0.2, 0.25) is 0 Å². The van der Waals surface area contributed by atoms with Crippen LogP contribution in [0.4, 0.5) is 5.82 Å². The van der Waals surface area contributed by atoms with Gasteiger partial charge in [0.05, 0.1) is 0 Å². The van der Waals surface area contributed by atoms with E-state index in [0.717, 1.165) is 0 Å². The first-order valence-electron chi connectivity index (χ1n) is 3.64. The lowest BCUT2D eigenvalue weighted by molar-refractivity contribution is 0.453.